The summed E-state index contributed by atoms with van der Waals surface area (Å²) in [6, 6.07) is 0. The molecule has 5 N–H and O–H groups in total. The zero-order valence-electron chi connectivity index (χ0n) is 11.3. The molecule has 0 bridgehead atoms. The predicted molar refractivity (Wildman–Crippen MR) is 73.3 cm³/mol. The molecule has 2 atom stereocenters. The largest absolute Gasteiger partial charge is 0.477 e. The first kappa shape index (κ1) is 17.0. The van der Waals surface area contributed by atoms with E-state index in [-0.39, 0.29) is 17.9 Å². The van der Waals surface area contributed by atoms with Crippen LogP contribution in [0.3, 0.4) is 0 Å². The number of fused-ring (bicyclic) bond motifs is 1. The van der Waals surface area contributed by atoms with Crippen molar-refractivity contribution in [1.29, 1.82) is 0 Å². The molecule has 1 amide bonds. The zero-order chi connectivity index (χ0) is 16.9. The van der Waals surface area contributed by atoms with Gasteiger partial charge in [-0.1, -0.05) is 0 Å². The van der Waals surface area contributed by atoms with Gasteiger partial charge >= 0.3 is 19.5 Å². The highest BCUT2D eigenvalue weighted by Crippen LogP contribution is 2.61. The van der Waals surface area contributed by atoms with Gasteiger partial charge in [0.1, 0.15) is 17.7 Å². The van der Waals surface area contributed by atoms with E-state index in [0.717, 1.165) is 23.6 Å². The molecule has 2 rings (SSSR count). The van der Waals surface area contributed by atoms with Crippen molar-refractivity contribution in [2.45, 2.75) is 17.6 Å². The fraction of sp³-hybridized carbons (Fsp3) is 0.500. The molecule has 0 spiro atoms. The van der Waals surface area contributed by atoms with Crippen LogP contribution in [0.4, 0.5) is 0 Å². The van der Waals surface area contributed by atoms with Gasteiger partial charge in [0, 0.05) is 18.2 Å². The quantitative estimate of drug-likeness (QED) is 0.269. The van der Waals surface area contributed by atoms with Crippen LogP contribution >= 0.6 is 19.4 Å². The zero-order valence-corrected chi connectivity index (χ0v) is 13.0. The summed E-state index contributed by atoms with van der Waals surface area (Å²) in [6.45, 7) is 0.821. The third-order valence-electron chi connectivity index (χ3n) is 3.30. The predicted octanol–water partition coefficient (Wildman–Crippen LogP) is -1.36. The van der Waals surface area contributed by atoms with Gasteiger partial charge in [0.05, 0.1) is 0 Å². The second kappa shape index (κ2) is 5.36. The van der Waals surface area contributed by atoms with E-state index in [9.17, 15) is 33.8 Å². The van der Waals surface area contributed by atoms with E-state index >= 15 is 0 Å². The van der Waals surface area contributed by atoms with Gasteiger partial charge in [-0.3, -0.25) is 19.1 Å². The van der Waals surface area contributed by atoms with Crippen molar-refractivity contribution >= 4 is 37.2 Å². The van der Waals surface area contributed by atoms with E-state index in [1.807, 2.05) is 0 Å². The molecule has 0 aromatic rings. The van der Waals surface area contributed by atoms with E-state index in [0.29, 0.717) is 0 Å². The van der Waals surface area contributed by atoms with Crippen LogP contribution in [0.2, 0.25) is 0 Å². The molecule has 1 fully saturated rings. The first-order chi connectivity index (χ1) is 10.0. The smallest absolute Gasteiger partial charge is 0.357 e. The average Bonchev–Trinajstić information content (AvgIpc) is 2.41. The average molecular weight is 352 g/mol. The van der Waals surface area contributed by atoms with Gasteiger partial charge in [0.2, 0.25) is 5.28 Å². The minimum atomic E-state index is -4.97. The molecule has 2 aliphatic heterocycles. The number of nitrogens with zero attached hydrogens (tertiary/aromatic N) is 1. The minimum absolute atomic E-state index is 0.0162. The number of carbonyl (C=O) groups excluding carboxylic acids is 2. The number of hydrogen-bond acceptors (Lipinski definition) is 7. The van der Waals surface area contributed by atoms with E-state index in [1.54, 1.807) is 0 Å². The highest BCUT2D eigenvalue weighted by Gasteiger charge is 2.71. The van der Waals surface area contributed by atoms with Crippen LogP contribution in [0.1, 0.15) is 6.92 Å². The number of β-lactam (4-membered cyclic amide) rings is 1. The number of carboxylic acid groups (broad SMARTS) is 1. The van der Waals surface area contributed by atoms with Gasteiger partial charge < -0.3 is 25.4 Å². The van der Waals surface area contributed by atoms with Crippen LogP contribution < -0.4 is 5.73 Å². The standard InChI is InChI=1S/C10H13N2O8PS/c1-4(13)20-2-5-3-22-9-10(11,21(17,18)19)8(16)12(9)6(5)7(14)15/h9H,2-3,11H2,1H3,(H,14,15)(H2,17,18,19)/t9-,10-/m1/s1. The van der Waals surface area contributed by atoms with E-state index in [4.69, 9.17) is 10.5 Å². The maximum Gasteiger partial charge on any atom is 0.357 e. The lowest BCUT2D eigenvalue weighted by Gasteiger charge is -2.54. The second-order valence-corrected chi connectivity index (χ2v) is 7.64. The Morgan fingerprint density at radius 3 is 2.59 bits per heavy atom. The molecule has 12 heteroatoms. The Morgan fingerprint density at radius 2 is 2.14 bits per heavy atom. The summed E-state index contributed by atoms with van der Waals surface area (Å²) >= 11 is 0.907. The van der Waals surface area contributed by atoms with Crippen LogP contribution in [0.15, 0.2) is 11.3 Å². The Balaban J connectivity index is 2.39. The lowest BCUT2D eigenvalue weighted by molar-refractivity contribution is -0.151. The van der Waals surface area contributed by atoms with E-state index < -0.39 is 41.8 Å². The Morgan fingerprint density at radius 1 is 1.55 bits per heavy atom. The monoisotopic (exact) mass is 352 g/mol. The number of hydrogen-bond donors (Lipinski definition) is 4. The molecule has 2 heterocycles. The topological polar surface area (TPSA) is 167 Å². The lowest BCUT2D eigenvalue weighted by Crippen LogP contribution is -2.77. The normalized spacial score (nSPS) is 28.1. The van der Waals surface area contributed by atoms with Gasteiger partial charge in [0.15, 0.2) is 0 Å². The molecule has 2 aliphatic rings. The molecule has 0 radical (unpaired) electrons. The number of carbonyl (C=O) groups is 3. The fourth-order valence-corrected chi connectivity index (χ4v) is 4.88. The molecule has 0 unspecified atom stereocenters. The molecule has 0 aliphatic carbocycles. The van der Waals surface area contributed by atoms with Crippen LogP contribution in [0.5, 0.6) is 0 Å². The molecule has 0 aromatic carbocycles. The number of thioether (sulfide) groups is 1. The highest BCUT2D eigenvalue weighted by molar-refractivity contribution is 8.00. The maximum atomic E-state index is 12.1. The summed E-state index contributed by atoms with van der Waals surface area (Å²) in [6.07, 6.45) is 0. The van der Waals surface area contributed by atoms with Crippen molar-refractivity contribution < 1.29 is 38.6 Å². The molecule has 122 valence electrons. The maximum absolute atomic E-state index is 12.1. The van der Waals surface area contributed by atoms with Crippen molar-refractivity contribution in [2.24, 2.45) is 5.73 Å². The Bertz CT molecular complexity index is 643. The van der Waals surface area contributed by atoms with Crippen molar-refractivity contribution in [3.8, 4) is 0 Å². The fourth-order valence-electron chi connectivity index (χ4n) is 2.20. The van der Waals surface area contributed by atoms with Crippen LogP contribution in [-0.4, -0.2) is 60.7 Å². The molecular formula is C10H13N2O8PS. The minimum Gasteiger partial charge on any atom is -0.477 e. The number of rotatable bonds is 4. The van der Waals surface area contributed by atoms with E-state index in [2.05, 4.69) is 0 Å². The van der Waals surface area contributed by atoms with Gasteiger partial charge in [-0.15, -0.1) is 11.8 Å². The molecular weight excluding hydrogens is 339 g/mol. The third-order valence-corrected chi connectivity index (χ3v) is 6.29. The number of nitrogens with two attached hydrogens (primary N) is 1. The van der Waals surface area contributed by atoms with Gasteiger partial charge in [-0.05, 0) is 0 Å². The summed E-state index contributed by atoms with van der Waals surface area (Å²) in [7, 11) is -4.97. The summed E-state index contributed by atoms with van der Waals surface area (Å²) in [5.74, 6) is -3.24. The Kier molecular flexibility index (Phi) is 4.13. The SMILES string of the molecule is CC(=O)OCC1=C(C(=O)O)N2C(=O)[C@@](N)(P(=O)(O)O)[C@H]2SC1. The molecule has 0 aromatic heterocycles. The second-order valence-electron chi connectivity index (χ2n) is 4.75. The van der Waals surface area contributed by atoms with Crippen molar-refractivity contribution in [3.63, 3.8) is 0 Å². The molecule has 0 saturated carbocycles. The number of carboxylic acids is 1. The van der Waals surface area contributed by atoms with Crippen molar-refractivity contribution in [2.75, 3.05) is 12.4 Å². The van der Waals surface area contributed by atoms with Gasteiger partial charge in [0.25, 0.3) is 5.91 Å². The lowest BCUT2D eigenvalue weighted by atomic mass is 10.0. The highest BCUT2D eigenvalue weighted by atomic mass is 32.2. The number of aliphatic carboxylic acids is 1. The number of esters is 1. The first-order valence-electron chi connectivity index (χ1n) is 5.90. The number of ether oxygens (including phenoxy) is 1. The van der Waals surface area contributed by atoms with Gasteiger partial charge in [-0.2, -0.15) is 0 Å². The van der Waals surface area contributed by atoms with Crippen LogP contribution in [0.25, 0.3) is 0 Å². The summed E-state index contributed by atoms with van der Waals surface area (Å²) in [5, 5.41) is 5.62. The van der Waals surface area contributed by atoms with Crippen LogP contribution in [-0.2, 0) is 23.7 Å². The van der Waals surface area contributed by atoms with E-state index in [1.165, 1.54) is 0 Å². The first-order valence-corrected chi connectivity index (χ1v) is 8.56. The van der Waals surface area contributed by atoms with Crippen molar-refractivity contribution in [3.05, 3.63) is 11.3 Å². The summed E-state index contributed by atoms with van der Waals surface area (Å²) < 4.78 is 16.2. The summed E-state index contributed by atoms with van der Waals surface area (Å²) in [5.41, 5.74) is 5.24. The Hall–Kier alpha value is -1.39. The molecule has 10 nitrogen and oxygen atoms in total. The Labute approximate surface area is 128 Å². The van der Waals surface area contributed by atoms with Crippen LogP contribution in [0, 0.1) is 0 Å². The summed E-state index contributed by atoms with van der Waals surface area (Å²) in [4.78, 5) is 53.5. The third kappa shape index (κ3) is 2.34. The number of amides is 1. The van der Waals surface area contributed by atoms with Gasteiger partial charge in [-0.25, -0.2) is 4.79 Å². The molecule has 1 saturated heterocycles. The van der Waals surface area contributed by atoms with Crippen molar-refractivity contribution in [1.82, 2.24) is 4.90 Å². The molecule has 22 heavy (non-hydrogen) atoms.